The van der Waals surface area contributed by atoms with E-state index in [0.29, 0.717) is 44.8 Å². The zero-order valence-corrected chi connectivity index (χ0v) is 30.8. The lowest BCUT2D eigenvalue weighted by atomic mass is 10.4. The summed E-state index contributed by atoms with van der Waals surface area (Å²) in [7, 11) is -10.1. The Morgan fingerprint density at radius 2 is 1.25 bits per heavy atom. The van der Waals surface area contributed by atoms with Crippen LogP contribution < -0.4 is 0 Å². The second-order valence-electron chi connectivity index (χ2n) is 12.2. The summed E-state index contributed by atoms with van der Waals surface area (Å²) in [6.45, 7) is 10.3. The summed E-state index contributed by atoms with van der Waals surface area (Å²) in [6.07, 6.45) is -6.71. The highest BCUT2D eigenvalue weighted by Crippen LogP contribution is 2.32. The lowest BCUT2D eigenvalue weighted by Crippen LogP contribution is -2.55. The van der Waals surface area contributed by atoms with Gasteiger partial charge in [0.15, 0.2) is 8.32 Å². The zero-order chi connectivity index (χ0) is 32.7. The number of halogens is 6. The van der Waals surface area contributed by atoms with Crippen LogP contribution in [0.1, 0.15) is 44.9 Å². The first-order valence-electron chi connectivity index (χ1n) is 15.7. The number of alkyl halides is 6. The molecule has 5 unspecified atom stereocenters. The normalized spacial score (nSPS) is 31.0. The largest absolute Gasteiger partial charge is 0.436 e. The van der Waals surface area contributed by atoms with Gasteiger partial charge in [-0.2, -0.15) is 26.3 Å². The molecule has 2 rings (SSSR count). The van der Waals surface area contributed by atoms with Crippen LogP contribution in [0.15, 0.2) is 0 Å². The van der Waals surface area contributed by atoms with E-state index in [0.717, 1.165) is 38.0 Å². The summed E-state index contributed by atoms with van der Waals surface area (Å²) in [5, 5.41) is 0. The molecular formula is C26H52F6O8Si4. The third-order valence-corrected chi connectivity index (χ3v) is 23.9. The standard InChI is InChI=1S/C26H52F6O8Si4/c1-41-38-43(3,20-9-14-35-22-24-23-36-24)37-15-5-6-18-42(2,19-7-12-33-16-10-25(27,28)29)40-44(4,39-41)21-8-13-34-17-11-26(30,31)32/h24,41H,5-23H2,1-4H3. The number of hydrogen-bond donors (Lipinski definition) is 0. The van der Waals surface area contributed by atoms with Crippen LogP contribution in [0.2, 0.25) is 50.4 Å². The smallest absolute Gasteiger partial charge is 0.391 e. The molecule has 0 radical (unpaired) electrons. The Kier molecular flexibility index (Phi) is 17.6. The van der Waals surface area contributed by atoms with Crippen molar-refractivity contribution in [1.29, 1.82) is 0 Å². The number of rotatable bonds is 18. The Labute approximate surface area is 263 Å². The van der Waals surface area contributed by atoms with Crippen LogP contribution in [0.25, 0.3) is 0 Å². The van der Waals surface area contributed by atoms with Crippen LogP contribution in [0.3, 0.4) is 0 Å². The van der Waals surface area contributed by atoms with Gasteiger partial charge in [-0.15, -0.1) is 0 Å². The van der Waals surface area contributed by atoms with Crippen molar-refractivity contribution in [2.24, 2.45) is 0 Å². The fourth-order valence-electron chi connectivity index (χ4n) is 5.16. The first kappa shape index (κ1) is 40.3. The van der Waals surface area contributed by atoms with Crippen LogP contribution in [-0.2, 0) is 35.7 Å². The highest BCUT2D eigenvalue weighted by atomic mass is 28.5. The molecule has 2 aliphatic heterocycles. The summed E-state index contributed by atoms with van der Waals surface area (Å²) < 4.78 is 123. The minimum atomic E-state index is -4.26. The maximum atomic E-state index is 12.5. The van der Waals surface area contributed by atoms with Gasteiger partial charge in [0.1, 0.15) is 6.10 Å². The van der Waals surface area contributed by atoms with Crippen molar-refractivity contribution in [3.63, 3.8) is 0 Å². The van der Waals surface area contributed by atoms with Crippen molar-refractivity contribution in [2.75, 3.05) is 52.9 Å². The molecule has 2 heterocycles. The van der Waals surface area contributed by atoms with Crippen molar-refractivity contribution in [3.8, 4) is 0 Å². The lowest BCUT2D eigenvalue weighted by Gasteiger charge is -2.41. The molecule has 0 saturated carbocycles. The van der Waals surface area contributed by atoms with Gasteiger partial charge in [0.05, 0.1) is 39.3 Å². The summed E-state index contributed by atoms with van der Waals surface area (Å²) in [5.41, 5.74) is 0. The average Bonchev–Trinajstić information content (AvgIpc) is 3.70. The highest BCUT2D eigenvalue weighted by molar-refractivity contribution is 6.86. The van der Waals surface area contributed by atoms with Gasteiger partial charge in [-0.3, -0.25) is 0 Å². The Morgan fingerprint density at radius 3 is 1.82 bits per heavy atom. The molecule has 18 heteroatoms. The molecule has 5 atom stereocenters. The van der Waals surface area contributed by atoms with Crippen molar-refractivity contribution >= 4 is 34.7 Å². The second kappa shape index (κ2) is 19.2. The number of ether oxygens (including phenoxy) is 4. The van der Waals surface area contributed by atoms with Crippen LogP contribution >= 0.6 is 0 Å². The molecule has 0 aromatic heterocycles. The highest BCUT2D eigenvalue weighted by Gasteiger charge is 2.44. The third kappa shape index (κ3) is 19.7. The van der Waals surface area contributed by atoms with Crippen LogP contribution in [0, 0.1) is 0 Å². The summed E-state index contributed by atoms with van der Waals surface area (Å²) in [5.74, 6) is 0. The molecule has 0 aromatic rings. The van der Waals surface area contributed by atoms with Gasteiger partial charge in [-0.1, -0.05) is 6.42 Å². The summed E-state index contributed by atoms with van der Waals surface area (Å²) >= 11 is 0. The SMILES string of the molecule is C[SiH]1O[Si](C)(CCCOCC2CO2)OCCCC[Si](C)(CCCOCCC(F)(F)F)O[Si](C)(CCCOCCC(F)(F)F)O1. The first-order chi connectivity index (χ1) is 20.5. The summed E-state index contributed by atoms with van der Waals surface area (Å²) in [6, 6.07) is 2.81. The van der Waals surface area contributed by atoms with E-state index < -0.39 is 66.5 Å². The predicted octanol–water partition coefficient (Wildman–Crippen LogP) is 6.94. The minimum absolute atomic E-state index is 0.162. The van der Waals surface area contributed by atoms with Gasteiger partial charge in [0.25, 0.3) is 0 Å². The molecule has 0 N–H and O–H groups in total. The molecule has 0 aromatic carbocycles. The second-order valence-corrected chi connectivity index (χ2v) is 25.8. The van der Waals surface area contributed by atoms with E-state index in [4.69, 9.17) is 35.7 Å². The first-order valence-corrected chi connectivity index (χ1v) is 25.7. The maximum absolute atomic E-state index is 12.5. The molecule has 0 spiro atoms. The van der Waals surface area contributed by atoms with E-state index in [2.05, 4.69) is 13.1 Å². The van der Waals surface area contributed by atoms with Crippen LogP contribution in [0.5, 0.6) is 0 Å². The fraction of sp³-hybridized carbons (Fsp3) is 1.00. The number of epoxide rings is 1. The third-order valence-electron chi connectivity index (χ3n) is 7.40. The van der Waals surface area contributed by atoms with Gasteiger partial charge < -0.3 is 35.7 Å². The van der Waals surface area contributed by atoms with Gasteiger partial charge in [-0.25, -0.2) is 0 Å². The van der Waals surface area contributed by atoms with Gasteiger partial charge in [0, 0.05) is 26.4 Å². The zero-order valence-electron chi connectivity index (χ0n) is 26.6. The Balaban J connectivity index is 2.01. The van der Waals surface area contributed by atoms with Crippen molar-refractivity contribution < 1.29 is 62.1 Å². The maximum Gasteiger partial charge on any atom is 0.391 e. The number of hydrogen-bond acceptors (Lipinski definition) is 8. The molecule has 2 fully saturated rings. The van der Waals surface area contributed by atoms with E-state index in [1.54, 1.807) is 0 Å². The van der Waals surface area contributed by atoms with Crippen LogP contribution in [-0.4, -0.2) is 106 Å². The average molecular weight is 719 g/mol. The van der Waals surface area contributed by atoms with Gasteiger partial charge in [-0.05, 0) is 76.0 Å². The minimum Gasteiger partial charge on any atom is -0.436 e. The fourth-order valence-corrected chi connectivity index (χ4v) is 23.1. The van der Waals surface area contributed by atoms with Crippen LogP contribution in [0.4, 0.5) is 26.3 Å². The van der Waals surface area contributed by atoms with E-state index in [-0.39, 0.29) is 25.9 Å². The van der Waals surface area contributed by atoms with Gasteiger partial charge in [0.2, 0.25) is 0 Å². The van der Waals surface area contributed by atoms with E-state index in [9.17, 15) is 26.3 Å². The molecule has 2 saturated heterocycles. The van der Waals surface area contributed by atoms with E-state index >= 15 is 0 Å². The predicted molar refractivity (Wildman–Crippen MR) is 163 cm³/mol. The Morgan fingerprint density at radius 1 is 0.727 bits per heavy atom. The Hall–Kier alpha value is 0.128. The molecular weight excluding hydrogens is 667 g/mol. The van der Waals surface area contributed by atoms with E-state index in [1.165, 1.54) is 0 Å². The van der Waals surface area contributed by atoms with Crippen molar-refractivity contribution in [1.82, 2.24) is 0 Å². The summed E-state index contributed by atoms with van der Waals surface area (Å²) in [4.78, 5) is 0. The molecule has 0 aliphatic carbocycles. The molecule has 2 aliphatic rings. The monoisotopic (exact) mass is 718 g/mol. The quantitative estimate of drug-likeness (QED) is 0.0654. The van der Waals surface area contributed by atoms with Gasteiger partial charge >= 0.3 is 38.8 Å². The van der Waals surface area contributed by atoms with Crippen molar-refractivity contribution in [3.05, 3.63) is 0 Å². The Bertz CT molecular complexity index is 801. The van der Waals surface area contributed by atoms with Crippen molar-refractivity contribution in [2.45, 2.75) is 114 Å². The topological polar surface area (TPSA) is 77.1 Å². The molecule has 262 valence electrons. The van der Waals surface area contributed by atoms with E-state index in [1.807, 2.05) is 13.1 Å². The molecule has 0 amide bonds. The lowest BCUT2D eigenvalue weighted by molar-refractivity contribution is -0.146. The molecule has 44 heavy (non-hydrogen) atoms. The molecule has 0 bridgehead atoms. The molecule has 8 nitrogen and oxygen atoms in total.